The van der Waals surface area contributed by atoms with Gasteiger partial charge in [0.25, 0.3) is 0 Å². The van der Waals surface area contributed by atoms with E-state index in [9.17, 15) is 0 Å². The third-order valence-corrected chi connectivity index (χ3v) is 4.69. The summed E-state index contributed by atoms with van der Waals surface area (Å²) in [4.78, 5) is 2.40. The highest BCUT2D eigenvalue weighted by Crippen LogP contribution is 2.35. The van der Waals surface area contributed by atoms with Crippen LogP contribution in [0.15, 0.2) is 30.3 Å². The summed E-state index contributed by atoms with van der Waals surface area (Å²) >= 11 is 0. The first-order chi connectivity index (χ1) is 11.3. The molecule has 0 radical (unpaired) electrons. The Kier molecular flexibility index (Phi) is 3.87. The van der Waals surface area contributed by atoms with E-state index in [1.54, 1.807) is 0 Å². The number of piperidine rings is 1. The summed E-state index contributed by atoms with van der Waals surface area (Å²) in [5.74, 6) is 2.42. The minimum Gasteiger partial charge on any atom is -0.488 e. The van der Waals surface area contributed by atoms with Crippen LogP contribution in [-0.4, -0.2) is 41.8 Å². The monoisotopic (exact) mass is 310 g/mol. The number of hydrogen-bond donors (Lipinski definition) is 1. The molecule has 1 N–H and O–H groups in total. The highest BCUT2D eigenvalue weighted by molar-refractivity contribution is 5.72. The maximum absolute atomic E-state index is 5.81. The van der Waals surface area contributed by atoms with Crippen molar-refractivity contribution in [3.05, 3.63) is 35.9 Å². The maximum Gasteiger partial charge on any atom is 0.149 e. The fraction of sp³-hybridized carbons (Fsp3) is 0.444. The average Bonchev–Trinajstić information content (AvgIpc) is 2.59. The number of fused-ring (bicyclic) bond motifs is 3. The van der Waals surface area contributed by atoms with E-state index in [1.165, 1.54) is 19.4 Å². The highest BCUT2D eigenvalue weighted by Gasteiger charge is 2.20. The Hall–Kier alpha value is -2.14. The molecule has 1 atom stereocenters. The molecule has 4 rings (SSSR count). The van der Waals surface area contributed by atoms with Crippen molar-refractivity contribution < 1.29 is 4.74 Å². The van der Waals surface area contributed by atoms with Gasteiger partial charge in [-0.15, -0.1) is 10.2 Å². The number of anilines is 1. The Balaban J connectivity index is 1.48. The summed E-state index contributed by atoms with van der Waals surface area (Å²) in [7, 11) is 2.19. The molecular formula is C18H22N4O. The van der Waals surface area contributed by atoms with Gasteiger partial charge in [-0.25, -0.2) is 0 Å². The summed E-state index contributed by atoms with van der Waals surface area (Å²) in [5.41, 5.74) is 3.07. The van der Waals surface area contributed by atoms with Gasteiger partial charge in [0.05, 0.1) is 0 Å². The molecule has 0 spiro atoms. The molecule has 0 saturated carbocycles. The van der Waals surface area contributed by atoms with Crippen LogP contribution < -0.4 is 10.1 Å². The quantitative estimate of drug-likeness (QED) is 0.945. The molecule has 0 bridgehead atoms. The van der Waals surface area contributed by atoms with Crippen molar-refractivity contribution in [1.29, 1.82) is 0 Å². The van der Waals surface area contributed by atoms with Crippen LogP contribution in [0.1, 0.15) is 18.4 Å². The lowest BCUT2D eigenvalue weighted by molar-refractivity contribution is 0.217. The normalized spacial score (nSPS) is 20.3. The molecule has 2 aromatic rings. The molecule has 1 unspecified atom stereocenters. The van der Waals surface area contributed by atoms with Crippen LogP contribution in [0.4, 0.5) is 5.82 Å². The second-order valence-electron chi connectivity index (χ2n) is 6.54. The zero-order valence-corrected chi connectivity index (χ0v) is 13.5. The number of likely N-dealkylation sites (tertiary alicyclic amines) is 1. The molecule has 2 aliphatic heterocycles. The van der Waals surface area contributed by atoms with Gasteiger partial charge in [0, 0.05) is 24.2 Å². The second kappa shape index (κ2) is 6.16. The summed E-state index contributed by atoms with van der Waals surface area (Å²) in [5, 5.41) is 12.3. The SMILES string of the molecule is CN1CCCC(CNc2cc3c(nn2)-c2ccccc2OC3)C1. The molecule has 5 heteroatoms. The number of hydrogen-bond acceptors (Lipinski definition) is 5. The van der Waals surface area contributed by atoms with Gasteiger partial charge in [-0.2, -0.15) is 0 Å². The third kappa shape index (κ3) is 3.01. The van der Waals surface area contributed by atoms with Crippen molar-refractivity contribution in [2.24, 2.45) is 5.92 Å². The molecule has 1 fully saturated rings. The van der Waals surface area contributed by atoms with Crippen molar-refractivity contribution in [1.82, 2.24) is 15.1 Å². The summed E-state index contributed by atoms with van der Waals surface area (Å²) in [6.45, 7) is 3.88. The predicted molar refractivity (Wildman–Crippen MR) is 90.5 cm³/mol. The summed E-state index contributed by atoms with van der Waals surface area (Å²) in [6, 6.07) is 10.1. The molecule has 0 aliphatic carbocycles. The first kappa shape index (κ1) is 14.5. The largest absolute Gasteiger partial charge is 0.488 e. The minimum atomic E-state index is 0.558. The molecular weight excluding hydrogens is 288 g/mol. The number of nitrogens with one attached hydrogen (secondary N) is 1. The predicted octanol–water partition coefficient (Wildman–Crippen LogP) is 2.79. The van der Waals surface area contributed by atoms with Crippen LogP contribution in [0.2, 0.25) is 0 Å². The molecule has 3 heterocycles. The molecule has 1 aromatic heterocycles. The summed E-state index contributed by atoms with van der Waals surface area (Å²) in [6.07, 6.45) is 2.57. The van der Waals surface area contributed by atoms with Crippen molar-refractivity contribution >= 4 is 5.82 Å². The van der Waals surface area contributed by atoms with Crippen LogP contribution in [-0.2, 0) is 6.61 Å². The van der Waals surface area contributed by atoms with Gasteiger partial charge in [-0.3, -0.25) is 0 Å². The molecule has 120 valence electrons. The first-order valence-electron chi connectivity index (χ1n) is 8.31. The Bertz CT molecular complexity index is 703. The molecule has 5 nitrogen and oxygen atoms in total. The number of ether oxygens (including phenoxy) is 1. The van der Waals surface area contributed by atoms with Crippen LogP contribution in [0.5, 0.6) is 5.75 Å². The van der Waals surface area contributed by atoms with E-state index in [1.807, 2.05) is 24.3 Å². The molecule has 1 saturated heterocycles. The zero-order chi connectivity index (χ0) is 15.6. The first-order valence-corrected chi connectivity index (χ1v) is 8.31. The number of para-hydroxylation sites is 1. The van der Waals surface area contributed by atoms with Gasteiger partial charge < -0.3 is 15.0 Å². The smallest absolute Gasteiger partial charge is 0.149 e. The Morgan fingerprint density at radius 3 is 3.13 bits per heavy atom. The lowest BCUT2D eigenvalue weighted by Gasteiger charge is -2.29. The van der Waals surface area contributed by atoms with Gasteiger partial charge in [-0.1, -0.05) is 12.1 Å². The van der Waals surface area contributed by atoms with E-state index < -0.39 is 0 Å². The van der Waals surface area contributed by atoms with Gasteiger partial charge in [-0.05, 0) is 50.6 Å². The van der Waals surface area contributed by atoms with Crippen molar-refractivity contribution in [3.63, 3.8) is 0 Å². The Morgan fingerprint density at radius 1 is 1.30 bits per heavy atom. The number of rotatable bonds is 3. The van der Waals surface area contributed by atoms with Gasteiger partial charge >= 0.3 is 0 Å². The van der Waals surface area contributed by atoms with E-state index in [2.05, 4.69) is 33.5 Å². The topological polar surface area (TPSA) is 50.3 Å². The van der Waals surface area contributed by atoms with Crippen LogP contribution >= 0.6 is 0 Å². The fourth-order valence-electron chi connectivity index (χ4n) is 3.49. The molecule has 1 aromatic carbocycles. The lowest BCUT2D eigenvalue weighted by atomic mass is 9.98. The van der Waals surface area contributed by atoms with Crippen molar-refractivity contribution in [2.45, 2.75) is 19.4 Å². The Morgan fingerprint density at radius 2 is 2.22 bits per heavy atom. The van der Waals surface area contributed by atoms with Crippen LogP contribution in [0.3, 0.4) is 0 Å². The lowest BCUT2D eigenvalue weighted by Crippen LogP contribution is -2.35. The van der Waals surface area contributed by atoms with E-state index >= 15 is 0 Å². The third-order valence-electron chi connectivity index (χ3n) is 4.69. The Labute approximate surface area is 136 Å². The van der Waals surface area contributed by atoms with E-state index in [0.29, 0.717) is 12.5 Å². The van der Waals surface area contributed by atoms with Crippen LogP contribution in [0.25, 0.3) is 11.3 Å². The van der Waals surface area contributed by atoms with Gasteiger partial charge in [0.2, 0.25) is 0 Å². The number of aromatic nitrogens is 2. The fourth-order valence-corrected chi connectivity index (χ4v) is 3.49. The molecule has 2 aliphatic rings. The molecule has 0 amide bonds. The van der Waals surface area contributed by atoms with Gasteiger partial charge in [0.1, 0.15) is 23.9 Å². The van der Waals surface area contributed by atoms with Crippen LogP contribution in [0, 0.1) is 5.92 Å². The van der Waals surface area contributed by atoms with E-state index in [4.69, 9.17) is 4.74 Å². The van der Waals surface area contributed by atoms with E-state index in [0.717, 1.165) is 41.5 Å². The average molecular weight is 310 g/mol. The molecule has 23 heavy (non-hydrogen) atoms. The van der Waals surface area contributed by atoms with Crippen molar-refractivity contribution in [2.75, 3.05) is 32.0 Å². The standard InChI is InChI=1S/C18H22N4O/c1-22-8-4-5-13(11-22)10-19-17-9-14-12-23-16-7-3-2-6-15(16)18(14)21-20-17/h2-3,6-7,9,13H,4-5,8,10-12H2,1H3,(H,19,20). The van der Waals surface area contributed by atoms with E-state index in [-0.39, 0.29) is 0 Å². The maximum atomic E-state index is 5.81. The highest BCUT2D eigenvalue weighted by atomic mass is 16.5. The summed E-state index contributed by atoms with van der Waals surface area (Å²) < 4.78 is 5.81. The number of benzene rings is 1. The van der Waals surface area contributed by atoms with Gasteiger partial charge in [0.15, 0.2) is 0 Å². The number of nitrogens with zero attached hydrogens (tertiary/aromatic N) is 3. The second-order valence-corrected chi connectivity index (χ2v) is 6.54. The minimum absolute atomic E-state index is 0.558. The zero-order valence-electron chi connectivity index (χ0n) is 13.5. The van der Waals surface area contributed by atoms with Crippen molar-refractivity contribution in [3.8, 4) is 17.0 Å².